The van der Waals surface area contributed by atoms with Crippen molar-refractivity contribution >= 4 is 17.4 Å². The van der Waals surface area contributed by atoms with Crippen LogP contribution in [0.15, 0.2) is 28.8 Å². The van der Waals surface area contributed by atoms with Crippen LogP contribution in [0.25, 0.3) is 0 Å². The van der Waals surface area contributed by atoms with Crippen LogP contribution in [0.3, 0.4) is 0 Å². The van der Waals surface area contributed by atoms with Gasteiger partial charge in [0.05, 0.1) is 5.75 Å². The Kier molecular flexibility index (Phi) is 5.27. The van der Waals surface area contributed by atoms with Crippen molar-refractivity contribution in [3.8, 4) is 0 Å². The molecule has 0 aliphatic rings. The second-order valence-corrected chi connectivity index (χ2v) is 5.46. The van der Waals surface area contributed by atoms with Gasteiger partial charge in [-0.25, -0.2) is 0 Å². The molecule has 0 fully saturated rings. The molecule has 2 rings (SSSR count). The van der Waals surface area contributed by atoms with E-state index >= 15 is 0 Å². The fourth-order valence-corrected chi connectivity index (χ4v) is 2.49. The lowest BCUT2D eigenvalue weighted by Crippen LogP contribution is -1.97. The maximum absolute atomic E-state index is 5.90. The molecule has 0 amide bonds. The van der Waals surface area contributed by atoms with Crippen LogP contribution in [-0.2, 0) is 18.6 Å². The Morgan fingerprint density at radius 1 is 1.26 bits per heavy atom. The average Bonchev–Trinajstić information content (AvgIpc) is 2.86. The standard InChI is InChI=1S/C14H19N3OS/c1-2-9-19-10-13-16-14(18-17-13)8-7-11-5-3-4-6-12(11)15/h3-6H,2,7-10,15H2,1H3. The molecule has 0 bridgehead atoms. The van der Waals surface area contributed by atoms with Crippen molar-refractivity contribution in [1.29, 1.82) is 0 Å². The number of anilines is 1. The summed E-state index contributed by atoms with van der Waals surface area (Å²) in [7, 11) is 0. The van der Waals surface area contributed by atoms with Crippen LogP contribution in [0.2, 0.25) is 0 Å². The normalized spacial score (nSPS) is 10.8. The monoisotopic (exact) mass is 277 g/mol. The van der Waals surface area contributed by atoms with Crippen LogP contribution >= 0.6 is 11.8 Å². The first kappa shape index (κ1) is 13.9. The first-order chi connectivity index (χ1) is 9.29. The molecule has 0 saturated heterocycles. The molecule has 1 aromatic carbocycles. The van der Waals surface area contributed by atoms with Crippen molar-refractivity contribution in [3.63, 3.8) is 0 Å². The van der Waals surface area contributed by atoms with Gasteiger partial charge in [-0.15, -0.1) is 0 Å². The molecule has 19 heavy (non-hydrogen) atoms. The highest BCUT2D eigenvalue weighted by molar-refractivity contribution is 7.98. The summed E-state index contributed by atoms with van der Waals surface area (Å²) in [4.78, 5) is 4.39. The highest BCUT2D eigenvalue weighted by Crippen LogP contribution is 2.14. The lowest BCUT2D eigenvalue weighted by atomic mass is 10.1. The van der Waals surface area contributed by atoms with Crippen molar-refractivity contribution in [1.82, 2.24) is 10.1 Å². The van der Waals surface area contributed by atoms with E-state index in [1.807, 2.05) is 36.0 Å². The third-order valence-electron chi connectivity index (χ3n) is 2.75. The summed E-state index contributed by atoms with van der Waals surface area (Å²) >= 11 is 1.83. The quantitative estimate of drug-likeness (QED) is 0.622. The number of nitrogen functional groups attached to an aromatic ring is 1. The van der Waals surface area contributed by atoms with E-state index in [1.165, 1.54) is 6.42 Å². The van der Waals surface area contributed by atoms with E-state index in [-0.39, 0.29) is 0 Å². The van der Waals surface area contributed by atoms with Crippen molar-refractivity contribution in [2.75, 3.05) is 11.5 Å². The zero-order chi connectivity index (χ0) is 13.5. The molecule has 1 aromatic heterocycles. The summed E-state index contributed by atoms with van der Waals surface area (Å²) in [6, 6.07) is 7.88. The highest BCUT2D eigenvalue weighted by Gasteiger charge is 2.07. The Morgan fingerprint density at radius 3 is 2.89 bits per heavy atom. The molecule has 0 aliphatic heterocycles. The number of hydrogen-bond acceptors (Lipinski definition) is 5. The summed E-state index contributed by atoms with van der Waals surface area (Å²) in [5.41, 5.74) is 7.85. The van der Waals surface area contributed by atoms with Gasteiger partial charge in [-0.05, 0) is 30.2 Å². The smallest absolute Gasteiger partial charge is 0.227 e. The molecule has 0 atom stereocenters. The second-order valence-electron chi connectivity index (χ2n) is 4.36. The zero-order valence-electron chi connectivity index (χ0n) is 11.1. The minimum Gasteiger partial charge on any atom is -0.399 e. The van der Waals surface area contributed by atoms with E-state index < -0.39 is 0 Å². The highest BCUT2D eigenvalue weighted by atomic mass is 32.2. The Morgan fingerprint density at radius 2 is 2.11 bits per heavy atom. The minimum absolute atomic E-state index is 0.690. The number of hydrogen-bond donors (Lipinski definition) is 1. The molecule has 0 aliphatic carbocycles. The summed E-state index contributed by atoms with van der Waals surface area (Å²) in [6.07, 6.45) is 2.73. The van der Waals surface area contributed by atoms with Gasteiger partial charge in [0.2, 0.25) is 5.89 Å². The van der Waals surface area contributed by atoms with Gasteiger partial charge in [0.15, 0.2) is 5.82 Å². The molecule has 5 heteroatoms. The number of nitrogens with zero attached hydrogens (tertiary/aromatic N) is 2. The number of thioether (sulfide) groups is 1. The van der Waals surface area contributed by atoms with Crippen molar-refractivity contribution in [3.05, 3.63) is 41.5 Å². The first-order valence-corrected chi connectivity index (χ1v) is 7.67. The number of benzene rings is 1. The Hall–Kier alpha value is -1.49. The number of aromatic nitrogens is 2. The molecule has 2 aromatic rings. The summed E-state index contributed by atoms with van der Waals surface area (Å²) in [6.45, 7) is 2.17. The maximum Gasteiger partial charge on any atom is 0.227 e. The third-order valence-corrected chi connectivity index (χ3v) is 3.91. The maximum atomic E-state index is 5.90. The molecular weight excluding hydrogens is 258 g/mol. The first-order valence-electron chi connectivity index (χ1n) is 6.52. The molecule has 0 unspecified atom stereocenters. The van der Waals surface area contributed by atoms with Crippen molar-refractivity contribution < 1.29 is 4.52 Å². The predicted octanol–water partition coefficient (Wildman–Crippen LogP) is 3.08. The fraction of sp³-hybridized carbons (Fsp3) is 0.429. The molecule has 0 saturated carbocycles. The summed E-state index contributed by atoms with van der Waals surface area (Å²) in [5, 5.41) is 3.98. The van der Waals surface area contributed by atoms with Gasteiger partial charge >= 0.3 is 0 Å². The van der Waals surface area contributed by atoms with Crippen molar-refractivity contribution in [2.45, 2.75) is 31.9 Å². The van der Waals surface area contributed by atoms with Gasteiger partial charge in [0.25, 0.3) is 0 Å². The van der Waals surface area contributed by atoms with Crippen LogP contribution in [-0.4, -0.2) is 15.9 Å². The summed E-state index contributed by atoms with van der Waals surface area (Å²) in [5.74, 6) is 3.43. The van der Waals surface area contributed by atoms with E-state index in [0.717, 1.165) is 41.4 Å². The van der Waals surface area contributed by atoms with Gasteiger partial charge in [0.1, 0.15) is 0 Å². The molecule has 102 valence electrons. The molecule has 2 N–H and O–H groups in total. The molecular formula is C14H19N3OS. The number of nitrogens with two attached hydrogens (primary N) is 1. The van der Waals surface area contributed by atoms with E-state index in [4.69, 9.17) is 10.3 Å². The molecule has 0 spiro atoms. The number of para-hydroxylation sites is 1. The van der Waals surface area contributed by atoms with Crippen LogP contribution in [0.1, 0.15) is 30.6 Å². The van der Waals surface area contributed by atoms with Crippen LogP contribution in [0.4, 0.5) is 5.69 Å². The Bertz CT molecular complexity index is 513. The van der Waals surface area contributed by atoms with Gasteiger partial charge < -0.3 is 10.3 Å². The van der Waals surface area contributed by atoms with E-state index in [1.54, 1.807) is 0 Å². The minimum atomic E-state index is 0.690. The van der Waals surface area contributed by atoms with E-state index in [2.05, 4.69) is 17.1 Å². The van der Waals surface area contributed by atoms with E-state index in [0.29, 0.717) is 5.89 Å². The SMILES string of the molecule is CCCSCc1noc(CCc2ccccc2N)n1. The Balaban J connectivity index is 1.85. The fourth-order valence-electron chi connectivity index (χ4n) is 1.76. The van der Waals surface area contributed by atoms with Gasteiger partial charge in [0, 0.05) is 12.1 Å². The largest absolute Gasteiger partial charge is 0.399 e. The summed E-state index contributed by atoms with van der Waals surface area (Å²) < 4.78 is 5.24. The van der Waals surface area contributed by atoms with Crippen LogP contribution in [0.5, 0.6) is 0 Å². The Labute approximate surface area is 117 Å². The lowest BCUT2D eigenvalue weighted by Gasteiger charge is -2.02. The molecule has 0 radical (unpaired) electrons. The number of aryl methyl sites for hydroxylation is 2. The van der Waals surface area contributed by atoms with Crippen molar-refractivity contribution in [2.24, 2.45) is 0 Å². The van der Waals surface area contributed by atoms with Crippen LogP contribution in [0, 0.1) is 0 Å². The van der Waals surface area contributed by atoms with Gasteiger partial charge in [-0.2, -0.15) is 16.7 Å². The van der Waals surface area contributed by atoms with Gasteiger partial charge in [-0.1, -0.05) is 30.3 Å². The van der Waals surface area contributed by atoms with Crippen LogP contribution < -0.4 is 5.73 Å². The van der Waals surface area contributed by atoms with Gasteiger partial charge in [-0.3, -0.25) is 0 Å². The third kappa shape index (κ3) is 4.28. The molecule has 1 heterocycles. The zero-order valence-corrected chi connectivity index (χ0v) is 11.9. The molecule has 4 nitrogen and oxygen atoms in total. The second kappa shape index (κ2) is 7.19. The van der Waals surface area contributed by atoms with E-state index in [9.17, 15) is 0 Å². The predicted molar refractivity (Wildman–Crippen MR) is 79.0 cm³/mol. The lowest BCUT2D eigenvalue weighted by molar-refractivity contribution is 0.374. The number of rotatable bonds is 7. The average molecular weight is 277 g/mol. The topological polar surface area (TPSA) is 64.9 Å².